The molecule has 1 aliphatic carbocycles. The number of benzene rings is 2. The first-order valence-corrected chi connectivity index (χ1v) is 12.9. The van der Waals surface area contributed by atoms with Crippen LogP contribution in [0.2, 0.25) is 0 Å². The van der Waals surface area contributed by atoms with Gasteiger partial charge < -0.3 is 24.7 Å². The van der Waals surface area contributed by atoms with Crippen molar-refractivity contribution in [1.82, 2.24) is 4.90 Å². The van der Waals surface area contributed by atoms with E-state index in [1.807, 2.05) is 43.3 Å². The fraction of sp³-hybridized carbons (Fsp3) is 0.333. The molecule has 7 heteroatoms. The van der Waals surface area contributed by atoms with Crippen LogP contribution in [0.15, 0.2) is 75.5 Å². The molecule has 1 fully saturated rings. The van der Waals surface area contributed by atoms with Crippen LogP contribution in [-0.2, 0) is 6.42 Å². The third-order valence-electron chi connectivity index (χ3n) is 7.00. The molecule has 5 rings (SSSR count). The van der Waals surface area contributed by atoms with Crippen LogP contribution >= 0.6 is 0 Å². The lowest BCUT2D eigenvalue weighted by Crippen LogP contribution is -2.35. The van der Waals surface area contributed by atoms with Gasteiger partial charge in [-0.25, -0.2) is 9.59 Å². The molecule has 1 aliphatic heterocycles. The van der Waals surface area contributed by atoms with Crippen LogP contribution in [-0.4, -0.2) is 37.2 Å². The van der Waals surface area contributed by atoms with E-state index in [9.17, 15) is 9.59 Å². The lowest BCUT2D eigenvalue weighted by molar-refractivity contribution is 0.113. The molecule has 37 heavy (non-hydrogen) atoms. The molecular weight excluding hydrogens is 466 g/mol. The minimum atomic E-state index is -0.605. The van der Waals surface area contributed by atoms with E-state index in [1.54, 1.807) is 6.07 Å². The summed E-state index contributed by atoms with van der Waals surface area (Å²) in [5.74, 6) is 0.725. The van der Waals surface area contributed by atoms with Crippen molar-refractivity contribution >= 4 is 28.4 Å². The van der Waals surface area contributed by atoms with Gasteiger partial charge in [0.2, 0.25) is 0 Å². The molecule has 0 radical (unpaired) electrons. The van der Waals surface area contributed by atoms with Gasteiger partial charge in [-0.3, -0.25) is 0 Å². The van der Waals surface area contributed by atoms with Gasteiger partial charge in [0.1, 0.15) is 23.1 Å². The third-order valence-corrected chi connectivity index (χ3v) is 7.00. The normalized spacial score (nSPS) is 16.4. The molecule has 0 spiro atoms. The minimum absolute atomic E-state index is 0. The van der Waals surface area contributed by atoms with E-state index in [-0.39, 0.29) is 14.6 Å². The Morgan fingerprint density at radius 3 is 2.62 bits per heavy atom. The average Bonchev–Trinajstić information content (AvgIpc) is 2.90. The minimum Gasteiger partial charge on any atom is -0.490 e. The van der Waals surface area contributed by atoms with Crippen molar-refractivity contribution in [2.24, 2.45) is 0 Å². The molecule has 2 aromatic carbocycles. The Balaban J connectivity index is 0.00000210. The number of hydrogen-bond acceptors (Lipinski definition) is 5. The molecule has 2 heterocycles. The summed E-state index contributed by atoms with van der Waals surface area (Å²) in [4.78, 5) is 27.6. The highest BCUT2D eigenvalue weighted by atomic mass is 16.5. The SMILES string of the molecule is Cc1c(OC2CCN(C)CC2)ccc2cc(NC(=O)Nc3ccc(CC4=CCCC=C4)cc3)c(=O)oc12.[HH].[HH]. The Hall–Kier alpha value is -3.84. The van der Waals surface area contributed by atoms with Crippen LogP contribution in [0.5, 0.6) is 5.75 Å². The quantitative estimate of drug-likeness (QED) is 0.374. The number of ether oxygens (including phenoxy) is 1. The fourth-order valence-electron chi connectivity index (χ4n) is 4.83. The second-order valence-electron chi connectivity index (χ2n) is 9.89. The molecule has 1 aromatic heterocycles. The van der Waals surface area contributed by atoms with Gasteiger partial charge in [-0.05, 0) is 87.5 Å². The fourth-order valence-corrected chi connectivity index (χ4v) is 4.83. The highest BCUT2D eigenvalue weighted by molar-refractivity contribution is 6.00. The largest absolute Gasteiger partial charge is 0.490 e. The van der Waals surface area contributed by atoms with Crippen molar-refractivity contribution < 1.29 is 16.8 Å². The molecule has 0 atom stereocenters. The Bertz CT molecular complexity index is 1410. The van der Waals surface area contributed by atoms with E-state index >= 15 is 0 Å². The smallest absolute Gasteiger partial charge is 0.360 e. The topological polar surface area (TPSA) is 83.8 Å². The van der Waals surface area contributed by atoms with E-state index in [4.69, 9.17) is 9.15 Å². The number of nitrogens with zero attached hydrogens (tertiary/aromatic N) is 1. The van der Waals surface area contributed by atoms with Crippen molar-refractivity contribution in [3.63, 3.8) is 0 Å². The molecule has 0 bridgehead atoms. The number of rotatable bonds is 6. The summed E-state index contributed by atoms with van der Waals surface area (Å²) in [6.07, 6.45) is 11.8. The molecule has 2 aliphatic rings. The number of hydrogen-bond donors (Lipinski definition) is 2. The lowest BCUT2D eigenvalue weighted by Gasteiger charge is -2.29. The number of carbonyl (C=O) groups excluding carboxylic acids is 1. The van der Waals surface area contributed by atoms with Crippen molar-refractivity contribution in [3.8, 4) is 5.75 Å². The van der Waals surface area contributed by atoms with Crippen LogP contribution in [0.1, 0.15) is 39.7 Å². The number of amides is 2. The molecule has 0 saturated carbocycles. The second kappa shape index (κ2) is 11.0. The van der Waals surface area contributed by atoms with Crippen molar-refractivity contribution in [2.75, 3.05) is 30.8 Å². The van der Waals surface area contributed by atoms with Crippen molar-refractivity contribution in [3.05, 3.63) is 87.8 Å². The van der Waals surface area contributed by atoms with E-state index in [2.05, 4.69) is 40.8 Å². The number of fused-ring (bicyclic) bond motifs is 1. The van der Waals surface area contributed by atoms with E-state index in [0.717, 1.165) is 61.9 Å². The summed E-state index contributed by atoms with van der Waals surface area (Å²) in [6, 6.07) is 12.6. The highest BCUT2D eigenvalue weighted by Gasteiger charge is 2.20. The first kappa shape index (κ1) is 24.8. The number of allylic oxidation sites excluding steroid dienone is 4. The molecule has 2 N–H and O–H groups in total. The summed E-state index contributed by atoms with van der Waals surface area (Å²) in [5.41, 5.74) is 3.86. The molecule has 7 nitrogen and oxygen atoms in total. The van der Waals surface area contributed by atoms with E-state index in [0.29, 0.717) is 11.3 Å². The van der Waals surface area contributed by atoms with Gasteiger partial charge in [0.05, 0.1) is 0 Å². The number of piperidine rings is 1. The van der Waals surface area contributed by atoms with Crippen LogP contribution in [0, 0.1) is 6.92 Å². The first-order chi connectivity index (χ1) is 17.9. The molecular formula is C30H37N3O4. The molecule has 196 valence electrons. The third kappa shape index (κ3) is 6.12. The van der Waals surface area contributed by atoms with Crippen molar-refractivity contribution in [1.29, 1.82) is 0 Å². The van der Waals surface area contributed by atoms with Gasteiger partial charge in [0, 0.05) is 32.6 Å². The number of aryl methyl sites for hydroxylation is 1. The zero-order valence-corrected chi connectivity index (χ0v) is 21.4. The predicted octanol–water partition coefficient (Wildman–Crippen LogP) is 6.53. The van der Waals surface area contributed by atoms with Gasteiger partial charge in [-0.2, -0.15) is 0 Å². The Kier molecular flexibility index (Phi) is 7.42. The lowest BCUT2D eigenvalue weighted by atomic mass is 10.00. The summed E-state index contributed by atoms with van der Waals surface area (Å²) in [6.45, 7) is 3.90. The van der Waals surface area contributed by atoms with Gasteiger partial charge in [-0.1, -0.05) is 30.4 Å². The number of anilines is 2. The maximum Gasteiger partial charge on any atom is 0.360 e. The molecule has 0 unspecified atom stereocenters. The Labute approximate surface area is 219 Å². The monoisotopic (exact) mass is 503 g/mol. The van der Waals surface area contributed by atoms with Gasteiger partial charge in [0.25, 0.3) is 0 Å². The van der Waals surface area contributed by atoms with Crippen LogP contribution < -0.4 is 21.0 Å². The zero-order valence-electron chi connectivity index (χ0n) is 21.4. The standard InChI is InChI=1S/C30H33N3O4.2H2/c1-20-27(36-25-14-16-33(2)17-15-25)13-10-23-19-26(29(34)37-28(20)23)32-30(35)31-24-11-8-22(9-12-24)18-21-6-4-3-5-7-21;;/h4,6-13,19,25H,3,5,14-18H2,1-2H3,(H2,31,32,35);2*1H. The van der Waals surface area contributed by atoms with Gasteiger partial charge in [-0.15, -0.1) is 0 Å². The summed E-state index contributed by atoms with van der Waals surface area (Å²) in [5, 5.41) is 6.13. The maximum atomic E-state index is 12.7. The van der Waals surface area contributed by atoms with Crippen molar-refractivity contribution in [2.45, 2.75) is 45.1 Å². The van der Waals surface area contributed by atoms with Gasteiger partial charge >= 0.3 is 11.7 Å². The summed E-state index contributed by atoms with van der Waals surface area (Å²) >= 11 is 0. The number of nitrogens with one attached hydrogen (secondary N) is 2. The van der Waals surface area contributed by atoms with E-state index in [1.165, 1.54) is 11.1 Å². The van der Waals surface area contributed by atoms with Gasteiger partial charge in [0.15, 0.2) is 0 Å². The van der Waals surface area contributed by atoms with Crippen LogP contribution in [0.3, 0.4) is 0 Å². The van der Waals surface area contributed by atoms with E-state index < -0.39 is 11.7 Å². The maximum absolute atomic E-state index is 12.7. The first-order valence-electron chi connectivity index (χ1n) is 12.9. The molecule has 3 aromatic rings. The summed E-state index contributed by atoms with van der Waals surface area (Å²) < 4.78 is 11.8. The molecule has 2 amide bonds. The Morgan fingerprint density at radius 1 is 1.11 bits per heavy atom. The van der Waals surface area contributed by atoms with Crippen LogP contribution in [0.4, 0.5) is 16.2 Å². The number of carbonyl (C=O) groups is 1. The predicted molar refractivity (Wildman–Crippen MR) is 152 cm³/mol. The second-order valence-corrected chi connectivity index (χ2v) is 9.89. The number of likely N-dealkylation sites (tertiary alicyclic amines) is 1. The molecule has 1 saturated heterocycles. The van der Waals surface area contributed by atoms with Crippen LogP contribution in [0.25, 0.3) is 11.0 Å². The number of urea groups is 1. The average molecular weight is 504 g/mol. The highest BCUT2D eigenvalue weighted by Crippen LogP contribution is 2.30. The summed E-state index contributed by atoms with van der Waals surface area (Å²) in [7, 11) is 2.11. The zero-order chi connectivity index (χ0) is 25.8. The Morgan fingerprint density at radius 2 is 1.89 bits per heavy atom.